The number of benzene rings is 2. The molecule has 0 saturated heterocycles. The van der Waals surface area contributed by atoms with E-state index in [9.17, 15) is 13.6 Å². The first kappa shape index (κ1) is 15.6. The van der Waals surface area contributed by atoms with Crippen LogP contribution >= 0.6 is 22.9 Å². The molecule has 1 N–H and O–H groups in total. The van der Waals surface area contributed by atoms with Crippen LogP contribution in [0, 0.1) is 0 Å². The summed E-state index contributed by atoms with van der Waals surface area (Å²) >= 11 is 7.34. The molecule has 3 rings (SSSR count). The van der Waals surface area contributed by atoms with Crippen molar-refractivity contribution in [3.63, 3.8) is 0 Å². The van der Waals surface area contributed by atoms with Gasteiger partial charge in [-0.05, 0) is 42.5 Å². The van der Waals surface area contributed by atoms with Crippen LogP contribution in [0.25, 0.3) is 20.8 Å². The summed E-state index contributed by atoms with van der Waals surface area (Å²) in [6.45, 7) is 0. The smallest absolute Gasteiger partial charge is 0.474 e. The lowest BCUT2D eigenvalue weighted by Gasteiger charge is -2.13. The average Bonchev–Trinajstić information content (AvgIpc) is 2.90. The molecule has 0 fully saturated rings. The van der Waals surface area contributed by atoms with Gasteiger partial charge in [0, 0.05) is 10.6 Å². The Morgan fingerprint density at radius 1 is 1.22 bits per heavy atom. The first-order valence-electron chi connectivity index (χ1n) is 6.32. The number of ether oxygens (including phenoxy) is 1. The van der Waals surface area contributed by atoms with Gasteiger partial charge in [-0.2, -0.15) is 8.78 Å². The maximum Gasteiger partial charge on any atom is 0.501 e. The van der Waals surface area contributed by atoms with Crippen LogP contribution in [0.2, 0.25) is 5.02 Å². The lowest BCUT2D eigenvalue weighted by atomic mass is 10.2. The number of aromatic nitrogens is 1. The molecule has 3 aromatic rings. The minimum absolute atomic E-state index is 0.245. The van der Waals surface area contributed by atoms with Crippen LogP contribution < -0.4 is 4.74 Å². The van der Waals surface area contributed by atoms with E-state index >= 15 is 0 Å². The maximum absolute atomic E-state index is 13.0. The zero-order chi connectivity index (χ0) is 16.6. The molecule has 0 aliphatic rings. The van der Waals surface area contributed by atoms with E-state index in [-0.39, 0.29) is 5.75 Å². The molecule has 23 heavy (non-hydrogen) atoms. The molecule has 0 bridgehead atoms. The first-order valence-corrected chi connectivity index (χ1v) is 7.51. The molecule has 8 heteroatoms. The molecule has 0 spiro atoms. The van der Waals surface area contributed by atoms with Crippen LogP contribution in [0.15, 0.2) is 42.5 Å². The Bertz CT molecular complexity index is 880. The fourth-order valence-corrected chi connectivity index (χ4v) is 3.00. The van der Waals surface area contributed by atoms with Gasteiger partial charge in [0.2, 0.25) is 0 Å². The maximum atomic E-state index is 13.0. The lowest BCUT2D eigenvalue weighted by Crippen LogP contribution is -2.34. The second-order valence-electron chi connectivity index (χ2n) is 4.58. The van der Waals surface area contributed by atoms with Crippen LogP contribution in [0.1, 0.15) is 0 Å². The van der Waals surface area contributed by atoms with Crippen LogP contribution in [0.5, 0.6) is 5.75 Å². The van der Waals surface area contributed by atoms with E-state index in [1.165, 1.54) is 35.6 Å². The third kappa shape index (κ3) is 3.25. The highest BCUT2D eigenvalue weighted by Gasteiger charge is 2.42. The molecule has 0 atom stereocenters. The van der Waals surface area contributed by atoms with E-state index in [1.807, 2.05) is 6.07 Å². The Balaban J connectivity index is 1.87. The Labute approximate surface area is 137 Å². The van der Waals surface area contributed by atoms with Gasteiger partial charge in [-0.15, -0.1) is 11.3 Å². The second-order valence-corrected chi connectivity index (χ2v) is 6.05. The van der Waals surface area contributed by atoms with E-state index < -0.39 is 12.1 Å². The monoisotopic (exact) mass is 355 g/mol. The number of thiazole rings is 1. The van der Waals surface area contributed by atoms with Gasteiger partial charge in [-0.25, -0.2) is 9.78 Å². The molecule has 0 amide bonds. The zero-order valence-electron chi connectivity index (χ0n) is 11.3. The highest BCUT2D eigenvalue weighted by molar-refractivity contribution is 7.21. The van der Waals surface area contributed by atoms with Gasteiger partial charge in [0.25, 0.3) is 0 Å². The summed E-state index contributed by atoms with van der Waals surface area (Å²) in [5.41, 5.74) is 1.45. The number of fused-ring (bicyclic) bond motifs is 1. The van der Waals surface area contributed by atoms with Crippen molar-refractivity contribution in [3.05, 3.63) is 47.5 Å². The number of nitrogens with zero attached hydrogens (tertiary/aromatic N) is 1. The second kappa shape index (κ2) is 5.75. The van der Waals surface area contributed by atoms with Crippen LogP contribution in [0.4, 0.5) is 8.78 Å². The van der Waals surface area contributed by atoms with Gasteiger partial charge in [-0.1, -0.05) is 11.6 Å². The Hall–Kier alpha value is -2.25. The van der Waals surface area contributed by atoms with Crippen LogP contribution in [-0.4, -0.2) is 22.2 Å². The van der Waals surface area contributed by atoms with E-state index in [4.69, 9.17) is 16.7 Å². The van der Waals surface area contributed by atoms with Crippen molar-refractivity contribution < 1.29 is 23.4 Å². The number of carbonyl (C=O) groups is 1. The van der Waals surface area contributed by atoms with Gasteiger partial charge in [0.1, 0.15) is 10.8 Å². The number of halogens is 3. The third-order valence-corrected chi connectivity index (χ3v) is 4.27. The van der Waals surface area contributed by atoms with Crippen molar-refractivity contribution in [1.29, 1.82) is 0 Å². The first-order chi connectivity index (χ1) is 10.8. The molecule has 1 heterocycles. The number of carboxylic acid groups (broad SMARTS) is 1. The van der Waals surface area contributed by atoms with Crippen molar-refractivity contribution in [1.82, 2.24) is 4.98 Å². The molecule has 0 radical (unpaired) electrons. The van der Waals surface area contributed by atoms with E-state index in [0.717, 1.165) is 10.2 Å². The Kier molecular flexibility index (Phi) is 3.91. The number of aliphatic carboxylic acids is 1. The quantitative estimate of drug-likeness (QED) is 0.738. The van der Waals surface area contributed by atoms with Crippen molar-refractivity contribution in [3.8, 4) is 16.3 Å². The Morgan fingerprint density at radius 3 is 2.57 bits per heavy atom. The van der Waals surface area contributed by atoms with Gasteiger partial charge >= 0.3 is 12.1 Å². The SMILES string of the molecule is O=C(O)C(F)(F)Oc1ccc(-c2nc3cc(Cl)ccc3s2)cc1. The molecule has 0 aliphatic heterocycles. The molecule has 0 saturated carbocycles. The molecule has 0 aliphatic carbocycles. The van der Waals surface area contributed by atoms with Crippen molar-refractivity contribution in [2.24, 2.45) is 0 Å². The highest BCUT2D eigenvalue weighted by atomic mass is 35.5. The number of alkyl halides is 2. The van der Waals surface area contributed by atoms with E-state index in [2.05, 4.69) is 9.72 Å². The molecule has 1 aromatic heterocycles. The molecule has 2 aromatic carbocycles. The van der Waals surface area contributed by atoms with Crippen molar-refractivity contribution in [2.45, 2.75) is 6.11 Å². The summed E-state index contributed by atoms with van der Waals surface area (Å²) < 4.78 is 31.1. The van der Waals surface area contributed by atoms with Gasteiger partial charge in [0.15, 0.2) is 0 Å². The zero-order valence-corrected chi connectivity index (χ0v) is 12.9. The standard InChI is InChI=1S/C15H8ClF2NO3S/c16-9-3-6-12-11(7-9)19-13(23-12)8-1-4-10(5-2-8)22-15(17,18)14(20)21/h1-7H,(H,20,21). The minimum atomic E-state index is -4.27. The molecule has 118 valence electrons. The Morgan fingerprint density at radius 2 is 1.91 bits per heavy atom. The molecular weight excluding hydrogens is 348 g/mol. The number of hydrogen-bond acceptors (Lipinski definition) is 4. The van der Waals surface area contributed by atoms with Gasteiger partial charge < -0.3 is 9.84 Å². The third-order valence-electron chi connectivity index (χ3n) is 2.95. The van der Waals surface area contributed by atoms with E-state index in [1.54, 1.807) is 12.1 Å². The predicted molar refractivity (Wildman–Crippen MR) is 83.3 cm³/mol. The normalized spacial score (nSPS) is 11.6. The lowest BCUT2D eigenvalue weighted by molar-refractivity contribution is -0.210. The summed E-state index contributed by atoms with van der Waals surface area (Å²) in [5.74, 6) is -2.59. The fourth-order valence-electron chi connectivity index (χ4n) is 1.88. The summed E-state index contributed by atoms with van der Waals surface area (Å²) in [7, 11) is 0. The number of hydrogen-bond donors (Lipinski definition) is 1. The summed E-state index contributed by atoms with van der Waals surface area (Å²) in [4.78, 5) is 14.8. The number of carboxylic acids is 1. The number of rotatable bonds is 4. The average molecular weight is 356 g/mol. The van der Waals surface area contributed by atoms with E-state index in [0.29, 0.717) is 15.6 Å². The van der Waals surface area contributed by atoms with Gasteiger partial charge in [0.05, 0.1) is 10.2 Å². The topological polar surface area (TPSA) is 59.4 Å². The summed E-state index contributed by atoms with van der Waals surface area (Å²) in [6, 6.07) is 11.0. The highest BCUT2D eigenvalue weighted by Crippen LogP contribution is 2.33. The van der Waals surface area contributed by atoms with Gasteiger partial charge in [-0.3, -0.25) is 0 Å². The van der Waals surface area contributed by atoms with Crippen molar-refractivity contribution in [2.75, 3.05) is 0 Å². The largest absolute Gasteiger partial charge is 0.501 e. The van der Waals surface area contributed by atoms with Crippen molar-refractivity contribution >= 4 is 39.1 Å². The summed E-state index contributed by atoms with van der Waals surface area (Å²) in [5, 5.41) is 9.62. The molecule has 0 unspecified atom stereocenters. The molecule has 4 nitrogen and oxygen atoms in total. The predicted octanol–water partition coefficient (Wildman–Crippen LogP) is 4.67. The van der Waals surface area contributed by atoms with Crippen LogP contribution in [-0.2, 0) is 4.79 Å². The summed E-state index contributed by atoms with van der Waals surface area (Å²) in [6.07, 6.45) is -4.27. The fraction of sp³-hybridized carbons (Fsp3) is 0.0667. The molecular formula is C15H8ClF2NO3S. The minimum Gasteiger partial charge on any atom is -0.474 e. The van der Waals surface area contributed by atoms with Crippen LogP contribution in [0.3, 0.4) is 0 Å².